The van der Waals surface area contributed by atoms with Crippen molar-refractivity contribution in [2.45, 2.75) is 238 Å². The van der Waals surface area contributed by atoms with Crippen molar-refractivity contribution in [2.75, 3.05) is 11.5 Å². The van der Waals surface area contributed by atoms with E-state index in [4.69, 9.17) is 11.5 Å². The normalized spacial score (nSPS) is 12.5. The third-order valence-electron chi connectivity index (χ3n) is 14.1. The van der Waals surface area contributed by atoms with Gasteiger partial charge in [-0.15, -0.1) is 0 Å². The van der Waals surface area contributed by atoms with Crippen molar-refractivity contribution in [1.29, 1.82) is 0 Å². The molecule has 0 aromatic heterocycles. The lowest BCUT2D eigenvalue weighted by Gasteiger charge is -2.19. The number of nitrogens with two attached hydrogens (primary N) is 2. The number of rotatable bonds is 38. The van der Waals surface area contributed by atoms with Crippen LogP contribution in [0.5, 0.6) is 0 Å². The number of benzene rings is 4. The minimum Gasteiger partial charge on any atom is -0.399 e. The van der Waals surface area contributed by atoms with Crippen LogP contribution in [-0.2, 0) is 12.8 Å². The monoisotopic (exact) mass is 855 g/mol. The van der Waals surface area contributed by atoms with Gasteiger partial charge in [0.25, 0.3) is 0 Å². The van der Waals surface area contributed by atoms with Gasteiger partial charge in [-0.25, -0.2) is 0 Å². The molecule has 0 amide bonds. The van der Waals surface area contributed by atoms with E-state index in [2.05, 4.69) is 111 Å². The van der Waals surface area contributed by atoms with E-state index in [1.165, 1.54) is 245 Å². The molecule has 0 saturated carbocycles. The fourth-order valence-electron chi connectivity index (χ4n) is 9.91. The van der Waals surface area contributed by atoms with Gasteiger partial charge in [0.05, 0.1) is 0 Å². The summed E-state index contributed by atoms with van der Waals surface area (Å²) in [7, 11) is 0. The molecule has 0 spiro atoms. The molecule has 0 aliphatic heterocycles. The molecule has 2 atom stereocenters. The molecule has 0 heterocycles. The first-order chi connectivity index (χ1) is 31.1. The quantitative estimate of drug-likeness (QED) is 0.0349. The largest absolute Gasteiger partial charge is 0.399 e. The van der Waals surface area contributed by atoms with E-state index in [9.17, 15) is 0 Å². The molecule has 63 heavy (non-hydrogen) atoms. The van der Waals surface area contributed by atoms with Gasteiger partial charge in [-0.1, -0.05) is 260 Å². The molecule has 4 aromatic rings. The number of hydrogen-bond donors (Lipinski definition) is 2. The van der Waals surface area contributed by atoms with Crippen molar-refractivity contribution in [2.24, 2.45) is 0 Å². The van der Waals surface area contributed by atoms with Crippen molar-refractivity contribution in [1.82, 2.24) is 0 Å². The Balaban J connectivity index is 1.05. The maximum absolute atomic E-state index is 6.07. The summed E-state index contributed by atoms with van der Waals surface area (Å²) >= 11 is 0. The Morgan fingerprint density at radius 3 is 0.762 bits per heavy atom. The first-order valence-electron chi connectivity index (χ1n) is 27.0. The van der Waals surface area contributed by atoms with Crippen LogP contribution in [0.25, 0.3) is 0 Å². The van der Waals surface area contributed by atoms with Crippen molar-refractivity contribution >= 4 is 11.4 Å². The maximum atomic E-state index is 6.07. The lowest BCUT2D eigenvalue weighted by atomic mass is 9.86. The average Bonchev–Trinajstić information content (AvgIpc) is 3.31. The maximum Gasteiger partial charge on any atom is 0.0314 e. The minimum atomic E-state index is 0.462. The molecule has 0 radical (unpaired) electrons. The van der Waals surface area contributed by atoms with Gasteiger partial charge in [0.2, 0.25) is 0 Å². The zero-order valence-corrected chi connectivity index (χ0v) is 40.9. The number of nitrogen functional groups attached to an aromatic ring is 2. The van der Waals surface area contributed by atoms with Crippen molar-refractivity contribution in [3.05, 3.63) is 130 Å². The van der Waals surface area contributed by atoms with Gasteiger partial charge in [0, 0.05) is 23.2 Å². The van der Waals surface area contributed by atoms with Gasteiger partial charge >= 0.3 is 0 Å². The SMILES string of the molecule is CCCCCCCCCCCCC(c1ccc(N)cc1)c1ccc(CCCCCCCCCCCc2ccc(C(CCCCCCCCCCCC)c3ccc(N)cc3)cc2)cc1. The van der Waals surface area contributed by atoms with E-state index in [1.807, 2.05) is 0 Å². The lowest BCUT2D eigenvalue weighted by molar-refractivity contribution is 0.540. The Bertz CT molecular complexity index is 1510. The van der Waals surface area contributed by atoms with Gasteiger partial charge in [-0.3, -0.25) is 0 Å². The van der Waals surface area contributed by atoms with Gasteiger partial charge in [0.1, 0.15) is 0 Å². The second kappa shape index (κ2) is 33.9. The second-order valence-electron chi connectivity index (χ2n) is 19.5. The topological polar surface area (TPSA) is 52.0 Å². The molecule has 2 unspecified atom stereocenters. The van der Waals surface area contributed by atoms with Crippen LogP contribution in [0.1, 0.15) is 258 Å². The predicted molar refractivity (Wildman–Crippen MR) is 280 cm³/mol. The Kier molecular flexibility index (Phi) is 28.1. The van der Waals surface area contributed by atoms with E-state index in [0.29, 0.717) is 11.8 Å². The average molecular weight is 855 g/mol. The minimum absolute atomic E-state index is 0.462. The first-order valence-corrected chi connectivity index (χ1v) is 27.0. The summed E-state index contributed by atoms with van der Waals surface area (Å²) in [6.45, 7) is 4.60. The van der Waals surface area contributed by atoms with Crippen LogP contribution in [0.2, 0.25) is 0 Å². The summed E-state index contributed by atoms with van der Waals surface area (Å²) in [4.78, 5) is 0. The summed E-state index contributed by atoms with van der Waals surface area (Å²) in [6.07, 6.45) is 44.8. The van der Waals surface area contributed by atoms with Crippen molar-refractivity contribution in [3.8, 4) is 0 Å². The number of aryl methyl sites for hydroxylation is 2. The predicted octanol–water partition coefficient (Wildman–Crippen LogP) is 19.0. The zero-order valence-electron chi connectivity index (χ0n) is 40.9. The highest BCUT2D eigenvalue weighted by Gasteiger charge is 2.16. The van der Waals surface area contributed by atoms with Crippen LogP contribution >= 0.6 is 0 Å². The molecule has 0 fully saturated rings. The van der Waals surface area contributed by atoms with E-state index in [1.54, 1.807) is 0 Å². The van der Waals surface area contributed by atoms with Crippen LogP contribution in [-0.4, -0.2) is 0 Å². The van der Waals surface area contributed by atoms with Crippen LogP contribution in [0.4, 0.5) is 11.4 Å². The Morgan fingerprint density at radius 2 is 0.492 bits per heavy atom. The van der Waals surface area contributed by atoms with E-state index in [0.717, 1.165) is 11.4 Å². The standard InChI is InChI=1S/C61H94N2/c1-3-5-7-9-11-13-18-22-26-30-34-60(56-44-48-58(62)49-45-56)54-40-36-52(37-41-54)32-28-24-20-16-15-17-21-25-29-33-53-38-42-55(43-39-53)61(57-46-50-59(63)51-47-57)35-31-27-23-19-14-12-10-8-6-4-2/h36-51,60-61H,3-35,62-63H2,1-2H3. The van der Waals surface area contributed by atoms with Crippen molar-refractivity contribution < 1.29 is 0 Å². The number of anilines is 2. The Labute approximate surface area is 389 Å². The summed E-state index contributed by atoms with van der Waals surface area (Å²) < 4.78 is 0. The molecular weight excluding hydrogens is 761 g/mol. The molecule has 4 aromatic carbocycles. The molecule has 0 bridgehead atoms. The van der Waals surface area contributed by atoms with Gasteiger partial charge in [0.15, 0.2) is 0 Å². The Morgan fingerprint density at radius 1 is 0.270 bits per heavy atom. The van der Waals surface area contributed by atoms with Crippen LogP contribution < -0.4 is 11.5 Å². The van der Waals surface area contributed by atoms with Gasteiger partial charge in [-0.2, -0.15) is 0 Å². The summed E-state index contributed by atoms with van der Waals surface area (Å²) in [5.41, 5.74) is 22.6. The fourth-order valence-corrected chi connectivity index (χ4v) is 9.91. The summed E-state index contributed by atoms with van der Waals surface area (Å²) in [5, 5.41) is 0. The molecule has 0 aliphatic carbocycles. The highest BCUT2D eigenvalue weighted by Crippen LogP contribution is 2.33. The van der Waals surface area contributed by atoms with Crippen LogP contribution in [0.15, 0.2) is 97.1 Å². The highest BCUT2D eigenvalue weighted by molar-refractivity contribution is 5.44. The lowest BCUT2D eigenvalue weighted by Crippen LogP contribution is -2.02. The van der Waals surface area contributed by atoms with Gasteiger partial charge < -0.3 is 11.5 Å². The molecule has 2 heteroatoms. The molecule has 4 rings (SSSR count). The highest BCUT2D eigenvalue weighted by atomic mass is 14.5. The van der Waals surface area contributed by atoms with E-state index in [-0.39, 0.29) is 0 Å². The molecule has 2 nitrogen and oxygen atoms in total. The molecule has 0 aliphatic rings. The van der Waals surface area contributed by atoms with Gasteiger partial charge in [-0.05, 0) is 96.2 Å². The first kappa shape index (κ1) is 52.1. The summed E-state index contributed by atoms with van der Waals surface area (Å²) in [6, 6.07) is 36.6. The van der Waals surface area contributed by atoms with E-state index >= 15 is 0 Å². The third-order valence-corrected chi connectivity index (χ3v) is 14.1. The molecule has 0 saturated heterocycles. The second-order valence-corrected chi connectivity index (χ2v) is 19.5. The van der Waals surface area contributed by atoms with Crippen LogP contribution in [0.3, 0.4) is 0 Å². The fraction of sp³-hybridized carbons (Fsp3) is 0.607. The van der Waals surface area contributed by atoms with Crippen LogP contribution in [0, 0.1) is 0 Å². The summed E-state index contributed by atoms with van der Waals surface area (Å²) in [5.74, 6) is 0.923. The molecular formula is C61H94N2. The van der Waals surface area contributed by atoms with Crippen molar-refractivity contribution in [3.63, 3.8) is 0 Å². The number of hydrogen-bond acceptors (Lipinski definition) is 2. The molecule has 4 N–H and O–H groups in total. The zero-order chi connectivity index (χ0) is 44.4. The smallest absolute Gasteiger partial charge is 0.0314 e. The molecule has 348 valence electrons. The van der Waals surface area contributed by atoms with E-state index < -0.39 is 0 Å². The number of unbranched alkanes of at least 4 members (excludes halogenated alkanes) is 26. The third kappa shape index (κ3) is 22.8. The Hall–Kier alpha value is -3.52.